The van der Waals surface area contributed by atoms with Gasteiger partial charge in [0.15, 0.2) is 0 Å². The molecule has 0 aliphatic heterocycles. The van der Waals surface area contributed by atoms with Gasteiger partial charge < -0.3 is 5.32 Å². The Balaban J connectivity index is 1.81. The number of nitrogens with one attached hydrogen (secondary N) is 1. The molecule has 1 heterocycles. The van der Waals surface area contributed by atoms with Crippen LogP contribution < -0.4 is 5.32 Å². The standard InChI is InChI=1S/C13H23N3S/c1-3-14-7-13-15-12(10-17-13)9-16(4-2)8-11-5-6-11/h10-11,14H,3-9H2,1-2H3. The summed E-state index contributed by atoms with van der Waals surface area (Å²) in [4.78, 5) is 7.20. The van der Waals surface area contributed by atoms with Gasteiger partial charge in [0.1, 0.15) is 5.01 Å². The van der Waals surface area contributed by atoms with E-state index in [1.807, 2.05) is 0 Å². The Morgan fingerprint density at radius 1 is 1.47 bits per heavy atom. The monoisotopic (exact) mass is 253 g/mol. The predicted molar refractivity (Wildman–Crippen MR) is 73.2 cm³/mol. The van der Waals surface area contributed by atoms with Crippen LogP contribution >= 0.6 is 11.3 Å². The van der Waals surface area contributed by atoms with E-state index < -0.39 is 0 Å². The molecule has 1 aliphatic carbocycles. The summed E-state index contributed by atoms with van der Waals surface area (Å²) >= 11 is 1.78. The van der Waals surface area contributed by atoms with Crippen LogP contribution in [0, 0.1) is 5.92 Å². The van der Waals surface area contributed by atoms with Gasteiger partial charge in [-0.25, -0.2) is 4.98 Å². The van der Waals surface area contributed by atoms with Crippen molar-refractivity contribution in [1.82, 2.24) is 15.2 Å². The van der Waals surface area contributed by atoms with E-state index in [1.165, 1.54) is 30.1 Å². The predicted octanol–water partition coefficient (Wildman–Crippen LogP) is 2.48. The summed E-state index contributed by atoms with van der Waals surface area (Å²) < 4.78 is 0. The summed E-state index contributed by atoms with van der Waals surface area (Å²) in [6.45, 7) is 9.72. The van der Waals surface area contributed by atoms with Gasteiger partial charge in [0.2, 0.25) is 0 Å². The lowest BCUT2D eigenvalue weighted by Gasteiger charge is -2.18. The third-order valence-corrected chi connectivity index (χ3v) is 4.07. The van der Waals surface area contributed by atoms with Crippen LogP contribution in [0.2, 0.25) is 0 Å². The Kier molecular flexibility index (Phi) is 4.95. The molecule has 1 N–H and O–H groups in total. The lowest BCUT2D eigenvalue weighted by Crippen LogP contribution is -2.25. The van der Waals surface area contributed by atoms with Gasteiger partial charge in [0.25, 0.3) is 0 Å². The topological polar surface area (TPSA) is 28.2 Å². The van der Waals surface area contributed by atoms with E-state index in [1.54, 1.807) is 11.3 Å². The molecule has 17 heavy (non-hydrogen) atoms. The molecule has 0 bridgehead atoms. The quantitative estimate of drug-likeness (QED) is 0.771. The van der Waals surface area contributed by atoms with E-state index in [9.17, 15) is 0 Å². The van der Waals surface area contributed by atoms with Gasteiger partial charge in [0, 0.05) is 25.0 Å². The van der Waals surface area contributed by atoms with E-state index >= 15 is 0 Å². The molecule has 0 spiro atoms. The van der Waals surface area contributed by atoms with Crippen molar-refractivity contribution in [3.63, 3.8) is 0 Å². The first kappa shape index (κ1) is 13.0. The smallest absolute Gasteiger partial charge is 0.107 e. The zero-order valence-corrected chi connectivity index (χ0v) is 11.7. The molecule has 0 amide bonds. The summed E-state index contributed by atoms with van der Waals surface area (Å²) in [6, 6.07) is 0. The fourth-order valence-corrected chi connectivity index (χ4v) is 2.69. The minimum atomic E-state index is 0.913. The molecule has 1 saturated carbocycles. The average Bonchev–Trinajstić information content (AvgIpc) is 3.04. The molecule has 3 nitrogen and oxygen atoms in total. The van der Waals surface area contributed by atoms with Crippen molar-refractivity contribution in [2.75, 3.05) is 19.6 Å². The lowest BCUT2D eigenvalue weighted by atomic mass is 10.3. The number of aromatic nitrogens is 1. The highest BCUT2D eigenvalue weighted by molar-refractivity contribution is 7.09. The highest BCUT2D eigenvalue weighted by atomic mass is 32.1. The molecule has 0 saturated heterocycles. The zero-order valence-electron chi connectivity index (χ0n) is 10.9. The van der Waals surface area contributed by atoms with Gasteiger partial charge in [-0.05, 0) is 31.8 Å². The fraction of sp³-hybridized carbons (Fsp3) is 0.769. The van der Waals surface area contributed by atoms with Crippen LogP contribution in [0.3, 0.4) is 0 Å². The number of nitrogens with zero attached hydrogens (tertiary/aromatic N) is 2. The molecule has 1 aromatic rings. The summed E-state index contributed by atoms with van der Waals surface area (Å²) in [7, 11) is 0. The highest BCUT2D eigenvalue weighted by Crippen LogP contribution is 2.30. The van der Waals surface area contributed by atoms with Crippen LogP contribution in [0.15, 0.2) is 5.38 Å². The van der Waals surface area contributed by atoms with Crippen LogP contribution in [0.4, 0.5) is 0 Å². The molecular formula is C13H23N3S. The maximum absolute atomic E-state index is 4.68. The maximum atomic E-state index is 4.68. The third-order valence-electron chi connectivity index (χ3n) is 3.17. The van der Waals surface area contributed by atoms with Gasteiger partial charge >= 0.3 is 0 Å². The summed E-state index contributed by atoms with van der Waals surface area (Å²) in [5.74, 6) is 0.967. The Bertz CT molecular complexity index is 333. The second-order valence-corrected chi connectivity index (χ2v) is 5.73. The molecule has 1 fully saturated rings. The Hall–Kier alpha value is -0.450. The molecule has 0 radical (unpaired) electrons. The lowest BCUT2D eigenvalue weighted by molar-refractivity contribution is 0.265. The van der Waals surface area contributed by atoms with Crippen LogP contribution in [0.1, 0.15) is 37.4 Å². The van der Waals surface area contributed by atoms with Gasteiger partial charge in [-0.2, -0.15) is 0 Å². The number of rotatable bonds is 8. The van der Waals surface area contributed by atoms with E-state index in [-0.39, 0.29) is 0 Å². The third kappa shape index (κ3) is 4.37. The maximum Gasteiger partial charge on any atom is 0.107 e. The van der Waals surface area contributed by atoms with Gasteiger partial charge in [0.05, 0.1) is 5.69 Å². The average molecular weight is 253 g/mol. The van der Waals surface area contributed by atoms with Gasteiger partial charge in [-0.3, -0.25) is 4.90 Å². The molecule has 4 heteroatoms. The van der Waals surface area contributed by atoms with Crippen molar-refractivity contribution in [1.29, 1.82) is 0 Å². The summed E-state index contributed by atoms with van der Waals surface area (Å²) in [6.07, 6.45) is 2.86. The van der Waals surface area contributed by atoms with Crippen molar-refractivity contribution >= 4 is 11.3 Å². The van der Waals surface area contributed by atoms with E-state index in [0.29, 0.717) is 0 Å². The molecule has 96 valence electrons. The van der Waals surface area contributed by atoms with Crippen molar-refractivity contribution in [3.05, 3.63) is 16.1 Å². The van der Waals surface area contributed by atoms with Crippen LogP contribution in [-0.4, -0.2) is 29.5 Å². The molecule has 0 unspecified atom stereocenters. The van der Waals surface area contributed by atoms with Crippen molar-refractivity contribution in [3.8, 4) is 0 Å². The fourth-order valence-electron chi connectivity index (χ4n) is 1.93. The van der Waals surface area contributed by atoms with E-state index in [4.69, 9.17) is 0 Å². The summed E-state index contributed by atoms with van der Waals surface area (Å²) in [5.41, 5.74) is 1.24. The van der Waals surface area contributed by atoms with Crippen molar-refractivity contribution in [2.45, 2.75) is 39.8 Å². The minimum Gasteiger partial charge on any atom is -0.311 e. The zero-order chi connectivity index (χ0) is 12.1. The van der Waals surface area contributed by atoms with Crippen molar-refractivity contribution in [2.24, 2.45) is 5.92 Å². The Labute approximate surface area is 108 Å². The second kappa shape index (κ2) is 6.47. The first-order valence-electron chi connectivity index (χ1n) is 6.68. The normalized spacial score (nSPS) is 15.7. The molecule has 2 rings (SSSR count). The van der Waals surface area contributed by atoms with E-state index in [2.05, 4.69) is 34.4 Å². The van der Waals surface area contributed by atoms with Crippen LogP contribution in [0.25, 0.3) is 0 Å². The second-order valence-electron chi connectivity index (χ2n) is 4.78. The first-order valence-corrected chi connectivity index (χ1v) is 7.56. The van der Waals surface area contributed by atoms with Gasteiger partial charge in [-0.15, -0.1) is 11.3 Å². The largest absolute Gasteiger partial charge is 0.311 e. The van der Waals surface area contributed by atoms with Gasteiger partial charge in [-0.1, -0.05) is 13.8 Å². The number of hydrogen-bond donors (Lipinski definition) is 1. The summed E-state index contributed by atoms with van der Waals surface area (Å²) in [5, 5.41) is 6.74. The number of thiazole rings is 1. The Morgan fingerprint density at radius 3 is 2.94 bits per heavy atom. The molecule has 1 aliphatic rings. The SMILES string of the molecule is CCNCc1nc(CN(CC)CC2CC2)cs1. The molecule has 0 atom stereocenters. The number of hydrogen-bond acceptors (Lipinski definition) is 4. The molecule has 0 aromatic carbocycles. The highest BCUT2D eigenvalue weighted by Gasteiger charge is 2.23. The van der Waals surface area contributed by atoms with Crippen LogP contribution in [-0.2, 0) is 13.1 Å². The minimum absolute atomic E-state index is 0.913. The molecule has 1 aromatic heterocycles. The van der Waals surface area contributed by atoms with Crippen molar-refractivity contribution < 1.29 is 0 Å². The first-order chi connectivity index (χ1) is 8.31. The van der Waals surface area contributed by atoms with Crippen LogP contribution in [0.5, 0.6) is 0 Å². The molecular weight excluding hydrogens is 230 g/mol. The Morgan fingerprint density at radius 2 is 2.29 bits per heavy atom. The van der Waals surface area contributed by atoms with E-state index in [0.717, 1.165) is 32.1 Å².